The zero-order valence-electron chi connectivity index (χ0n) is 9.64. The number of hydrogen-bond acceptors (Lipinski definition) is 5. The molecule has 0 saturated carbocycles. The zero-order valence-corrected chi connectivity index (χ0v) is 9.64. The average molecular weight is 205 g/mol. The summed E-state index contributed by atoms with van der Waals surface area (Å²) in [6.07, 6.45) is 0.909. The van der Waals surface area contributed by atoms with Gasteiger partial charge in [-0.1, -0.05) is 6.92 Å². The fourth-order valence-electron chi connectivity index (χ4n) is 1.28. The SMILES string of the molecule is CCC(CN(C)CCN(C)O)N(C)O. The third-order valence-electron chi connectivity index (χ3n) is 2.33. The van der Waals surface area contributed by atoms with E-state index in [-0.39, 0.29) is 6.04 Å². The Hall–Kier alpha value is -0.200. The molecule has 5 heteroatoms. The quantitative estimate of drug-likeness (QED) is 0.587. The molecule has 0 aromatic heterocycles. The van der Waals surface area contributed by atoms with Gasteiger partial charge >= 0.3 is 0 Å². The first-order valence-electron chi connectivity index (χ1n) is 4.97. The van der Waals surface area contributed by atoms with Crippen LogP contribution in [0.15, 0.2) is 0 Å². The highest BCUT2D eigenvalue weighted by atomic mass is 16.5. The van der Waals surface area contributed by atoms with Gasteiger partial charge in [-0.3, -0.25) is 0 Å². The highest BCUT2D eigenvalue weighted by molar-refractivity contribution is 4.66. The molecule has 0 bridgehead atoms. The molecule has 0 radical (unpaired) electrons. The van der Waals surface area contributed by atoms with Crippen LogP contribution in [-0.2, 0) is 0 Å². The molecule has 0 aliphatic carbocycles. The molecule has 0 saturated heterocycles. The van der Waals surface area contributed by atoms with Crippen molar-refractivity contribution in [3.05, 3.63) is 0 Å². The molecule has 0 aromatic rings. The number of rotatable bonds is 7. The summed E-state index contributed by atoms with van der Waals surface area (Å²) in [5.74, 6) is 0. The van der Waals surface area contributed by atoms with Crippen LogP contribution in [-0.4, -0.2) is 72.3 Å². The topological polar surface area (TPSA) is 50.2 Å². The van der Waals surface area contributed by atoms with Gasteiger partial charge in [0, 0.05) is 39.8 Å². The van der Waals surface area contributed by atoms with Gasteiger partial charge in [-0.15, -0.1) is 0 Å². The third-order valence-corrected chi connectivity index (χ3v) is 2.33. The van der Waals surface area contributed by atoms with Crippen molar-refractivity contribution in [2.45, 2.75) is 19.4 Å². The van der Waals surface area contributed by atoms with Gasteiger partial charge < -0.3 is 15.3 Å². The van der Waals surface area contributed by atoms with Crippen molar-refractivity contribution in [1.29, 1.82) is 0 Å². The molecule has 1 unspecified atom stereocenters. The lowest BCUT2D eigenvalue weighted by atomic mass is 10.2. The molecule has 86 valence electrons. The van der Waals surface area contributed by atoms with Crippen LogP contribution in [0, 0.1) is 0 Å². The van der Waals surface area contributed by atoms with Gasteiger partial charge in [0.25, 0.3) is 0 Å². The third kappa shape index (κ3) is 6.28. The van der Waals surface area contributed by atoms with E-state index in [4.69, 9.17) is 5.21 Å². The van der Waals surface area contributed by atoms with Crippen molar-refractivity contribution in [3.63, 3.8) is 0 Å². The molecule has 5 nitrogen and oxygen atoms in total. The molecule has 0 amide bonds. The second kappa shape index (κ2) is 7.14. The van der Waals surface area contributed by atoms with Crippen molar-refractivity contribution in [2.75, 3.05) is 40.8 Å². The first kappa shape index (κ1) is 13.8. The van der Waals surface area contributed by atoms with Crippen LogP contribution in [0.5, 0.6) is 0 Å². The van der Waals surface area contributed by atoms with E-state index in [1.807, 2.05) is 14.0 Å². The van der Waals surface area contributed by atoms with Crippen LogP contribution in [0.2, 0.25) is 0 Å². The zero-order chi connectivity index (χ0) is 11.1. The number of hydroxylamine groups is 4. The second-order valence-corrected chi connectivity index (χ2v) is 3.78. The first-order chi connectivity index (χ1) is 6.47. The maximum Gasteiger partial charge on any atom is 0.0471 e. The summed E-state index contributed by atoms with van der Waals surface area (Å²) >= 11 is 0. The van der Waals surface area contributed by atoms with Crippen LogP contribution < -0.4 is 0 Å². The van der Waals surface area contributed by atoms with Crippen molar-refractivity contribution < 1.29 is 10.4 Å². The fourth-order valence-corrected chi connectivity index (χ4v) is 1.28. The Balaban J connectivity index is 3.73. The van der Waals surface area contributed by atoms with Gasteiger partial charge in [0.05, 0.1) is 0 Å². The van der Waals surface area contributed by atoms with E-state index in [1.54, 1.807) is 14.1 Å². The van der Waals surface area contributed by atoms with Gasteiger partial charge in [-0.2, -0.15) is 10.1 Å². The van der Waals surface area contributed by atoms with E-state index in [0.29, 0.717) is 6.54 Å². The summed E-state index contributed by atoms with van der Waals surface area (Å²) < 4.78 is 0. The predicted octanol–water partition coefficient (Wildman–Crippen LogP) is 0.339. The van der Waals surface area contributed by atoms with E-state index in [2.05, 4.69) is 4.90 Å². The summed E-state index contributed by atoms with van der Waals surface area (Å²) in [6.45, 7) is 4.25. The Morgan fingerprint density at radius 1 is 1.07 bits per heavy atom. The summed E-state index contributed by atoms with van der Waals surface area (Å²) in [7, 11) is 5.28. The minimum absolute atomic E-state index is 0.156. The van der Waals surface area contributed by atoms with Gasteiger partial charge in [0.2, 0.25) is 0 Å². The van der Waals surface area contributed by atoms with E-state index in [9.17, 15) is 5.21 Å². The summed E-state index contributed by atoms with van der Waals surface area (Å²) in [6, 6.07) is 0.156. The molecule has 0 heterocycles. The number of hydrogen-bond donors (Lipinski definition) is 2. The van der Waals surface area contributed by atoms with Gasteiger partial charge in [-0.05, 0) is 13.5 Å². The summed E-state index contributed by atoms with van der Waals surface area (Å²) in [5, 5.41) is 20.6. The Bertz CT molecular complexity index is 142. The van der Waals surface area contributed by atoms with E-state index >= 15 is 0 Å². The van der Waals surface area contributed by atoms with Crippen LogP contribution in [0.25, 0.3) is 0 Å². The van der Waals surface area contributed by atoms with E-state index < -0.39 is 0 Å². The van der Waals surface area contributed by atoms with Gasteiger partial charge in [0.15, 0.2) is 0 Å². The molecule has 0 spiro atoms. The molecule has 14 heavy (non-hydrogen) atoms. The Labute approximate surface area is 86.4 Å². The fraction of sp³-hybridized carbons (Fsp3) is 1.00. The summed E-state index contributed by atoms with van der Waals surface area (Å²) in [4.78, 5) is 2.09. The largest absolute Gasteiger partial charge is 0.314 e. The first-order valence-corrected chi connectivity index (χ1v) is 4.97. The highest BCUT2D eigenvalue weighted by Crippen LogP contribution is 2.00. The maximum atomic E-state index is 9.29. The van der Waals surface area contributed by atoms with Crippen LogP contribution >= 0.6 is 0 Å². The lowest BCUT2D eigenvalue weighted by Crippen LogP contribution is -2.40. The van der Waals surface area contributed by atoms with Crippen LogP contribution in [0.4, 0.5) is 0 Å². The van der Waals surface area contributed by atoms with Crippen LogP contribution in [0.1, 0.15) is 13.3 Å². The normalized spacial score (nSPS) is 14.4. The van der Waals surface area contributed by atoms with Crippen molar-refractivity contribution in [3.8, 4) is 0 Å². The predicted molar refractivity (Wildman–Crippen MR) is 55.5 cm³/mol. The lowest BCUT2D eigenvalue weighted by molar-refractivity contribution is -0.111. The standard InChI is InChI=1S/C9H23N3O2/c1-5-9(12(4)14)8-10(2)6-7-11(3)13/h9,13-14H,5-8H2,1-4H3. The molecular formula is C9H23N3O2. The highest BCUT2D eigenvalue weighted by Gasteiger charge is 2.12. The van der Waals surface area contributed by atoms with Crippen molar-refractivity contribution in [1.82, 2.24) is 15.0 Å². The van der Waals surface area contributed by atoms with Gasteiger partial charge in [0.1, 0.15) is 0 Å². The molecule has 2 N–H and O–H groups in total. The van der Waals surface area contributed by atoms with E-state index in [1.165, 1.54) is 10.1 Å². The molecular weight excluding hydrogens is 182 g/mol. The maximum absolute atomic E-state index is 9.29. The van der Waals surface area contributed by atoms with E-state index in [0.717, 1.165) is 19.5 Å². The molecule has 0 aliphatic heterocycles. The number of nitrogens with zero attached hydrogens (tertiary/aromatic N) is 3. The average Bonchev–Trinajstić information content (AvgIpc) is 2.10. The monoisotopic (exact) mass is 205 g/mol. The van der Waals surface area contributed by atoms with Crippen molar-refractivity contribution >= 4 is 0 Å². The minimum Gasteiger partial charge on any atom is -0.314 e. The molecule has 0 rings (SSSR count). The molecule has 0 aromatic carbocycles. The second-order valence-electron chi connectivity index (χ2n) is 3.78. The summed E-state index contributed by atoms with van der Waals surface area (Å²) in [5.41, 5.74) is 0. The molecule has 0 fully saturated rings. The Morgan fingerprint density at radius 3 is 2.00 bits per heavy atom. The minimum atomic E-state index is 0.156. The Morgan fingerprint density at radius 2 is 1.64 bits per heavy atom. The Kier molecular flexibility index (Phi) is 7.04. The number of likely N-dealkylation sites (N-methyl/N-ethyl adjacent to an activating group) is 3. The molecule has 1 atom stereocenters. The molecule has 0 aliphatic rings. The van der Waals surface area contributed by atoms with Crippen molar-refractivity contribution in [2.24, 2.45) is 0 Å². The smallest absolute Gasteiger partial charge is 0.0471 e. The van der Waals surface area contributed by atoms with Crippen LogP contribution in [0.3, 0.4) is 0 Å². The lowest BCUT2D eigenvalue weighted by Gasteiger charge is -2.27. The van der Waals surface area contributed by atoms with Gasteiger partial charge in [-0.25, -0.2) is 0 Å².